The van der Waals surface area contributed by atoms with Gasteiger partial charge in [-0.05, 0) is 32.6 Å². The molecule has 18 heavy (non-hydrogen) atoms. The van der Waals surface area contributed by atoms with Crippen LogP contribution in [-0.4, -0.2) is 18.0 Å². The highest BCUT2D eigenvalue weighted by Gasteiger charge is 2.19. The molecule has 0 aromatic heterocycles. The van der Waals surface area contributed by atoms with Crippen LogP contribution < -0.4 is 11.1 Å². The van der Waals surface area contributed by atoms with Gasteiger partial charge in [0.25, 0.3) is 0 Å². The van der Waals surface area contributed by atoms with E-state index in [4.69, 9.17) is 5.73 Å². The molecule has 1 aliphatic rings. The highest BCUT2D eigenvalue weighted by atomic mass is 16.1. The molecule has 0 saturated heterocycles. The van der Waals surface area contributed by atoms with Crippen LogP contribution in [0.3, 0.4) is 0 Å². The van der Waals surface area contributed by atoms with Gasteiger partial charge in [0.1, 0.15) is 0 Å². The summed E-state index contributed by atoms with van der Waals surface area (Å²) in [6.45, 7) is 5.89. The SMILES string of the molecule is CC(CCC1CCCCC1)NC(=O)C(C)C(C)N. The molecule has 0 heterocycles. The smallest absolute Gasteiger partial charge is 0.224 e. The summed E-state index contributed by atoms with van der Waals surface area (Å²) in [7, 11) is 0. The van der Waals surface area contributed by atoms with Gasteiger partial charge in [-0.3, -0.25) is 4.79 Å². The molecular formula is C15H30N2O. The summed E-state index contributed by atoms with van der Waals surface area (Å²) < 4.78 is 0. The van der Waals surface area contributed by atoms with Gasteiger partial charge in [0, 0.05) is 18.0 Å². The molecule has 0 radical (unpaired) electrons. The Balaban J connectivity index is 2.20. The Morgan fingerprint density at radius 1 is 1.22 bits per heavy atom. The van der Waals surface area contributed by atoms with Gasteiger partial charge in [-0.15, -0.1) is 0 Å². The van der Waals surface area contributed by atoms with E-state index in [0.717, 1.165) is 12.3 Å². The third-order valence-electron chi connectivity index (χ3n) is 4.32. The van der Waals surface area contributed by atoms with Crippen molar-refractivity contribution >= 4 is 5.91 Å². The van der Waals surface area contributed by atoms with Crippen LogP contribution in [0, 0.1) is 11.8 Å². The summed E-state index contributed by atoms with van der Waals surface area (Å²) in [5.74, 6) is 0.896. The van der Waals surface area contributed by atoms with Gasteiger partial charge < -0.3 is 11.1 Å². The Kier molecular flexibility index (Phi) is 6.69. The summed E-state index contributed by atoms with van der Waals surface area (Å²) in [6, 6.07) is 0.205. The minimum atomic E-state index is -0.0952. The highest BCUT2D eigenvalue weighted by Crippen LogP contribution is 2.27. The van der Waals surface area contributed by atoms with Crippen molar-refractivity contribution in [2.24, 2.45) is 17.6 Å². The average Bonchev–Trinajstić information content (AvgIpc) is 2.36. The molecule has 3 heteroatoms. The second kappa shape index (κ2) is 7.78. The Bertz CT molecular complexity index is 247. The van der Waals surface area contributed by atoms with E-state index in [1.54, 1.807) is 0 Å². The number of rotatable bonds is 6. The highest BCUT2D eigenvalue weighted by molar-refractivity contribution is 5.79. The van der Waals surface area contributed by atoms with E-state index in [2.05, 4.69) is 12.2 Å². The molecule has 3 atom stereocenters. The standard InChI is InChI=1S/C15H30N2O/c1-11(17-15(18)12(2)13(3)16)9-10-14-7-5-4-6-8-14/h11-14H,4-10,16H2,1-3H3,(H,17,18). The summed E-state index contributed by atoms with van der Waals surface area (Å²) >= 11 is 0. The Morgan fingerprint density at radius 3 is 2.39 bits per heavy atom. The first-order valence-corrected chi connectivity index (χ1v) is 7.56. The predicted molar refractivity (Wildman–Crippen MR) is 76.2 cm³/mol. The van der Waals surface area contributed by atoms with Gasteiger partial charge in [0.15, 0.2) is 0 Å². The van der Waals surface area contributed by atoms with Crippen molar-refractivity contribution in [2.75, 3.05) is 0 Å². The van der Waals surface area contributed by atoms with E-state index in [9.17, 15) is 4.79 Å². The van der Waals surface area contributed by atoms with Crippen LogP contribution in [0.25, 0.3) is 0 Å². The minimum absolute atomic E-state index is 0.0736. The quantitative estimate of drug-likeness (QED) is 0.766. The van der Waals surface area contributed by atoms with E-state index in [0.29, 0.717) is 0 Å². The van der Waals surface area contributed by atoms with Crippen LogP contribution >= 0.6 is 0 Å². The first-order chi connectivity index (χ1) is 8.50. The number of nitrogens with one attached hydrogen (secondary N) is 1. The Labute approximate surface area is 112 Å². The zero-order valence-electron chi connectivity index (χ0n) is 12.2. The number of amides is 1. The number of nitrogens with two attached hydrogens (primary N) is 1. The van der Waals surface area contributed by atoms with Crippen molar-refractivity contribution in [1.29, 1.82) is 0 Å². The topological polar surface area (TPSA) is 55.1 Å². The maximum Gasteiger partial charge on any atom is 0.224 e. The van der Waals surface area contributed by atoms with Crippen molar-refractivity contribution in [3.63, 3.8) is 0 Å². The van der Waals surface area contributed by atoms with E-state index >= 15 is 0 Å². The van der Waals surface area contributed by atoms with Crippen molar-refractivity contribution in [3.8, 4) is 0 Å². The van der Waals surface area contributed by atoms with Crippen LogP contribution in [0.1, 0.15) is 65.7 Å². The van der Waals surface area contributed by atoms with E-state index in [1.165, 1.54) is 38.5 Å². The van der Waals surface area contributed by atoms with Crippen LogP contribution in [-0.2, 0) is 4.79 Å². The Morgan fingerprint density at radius 2 is 1.83 bits per heavy atom. The number of carbonyl (C=O) groups excluding carboxylic acids is 1. The van der Waals surface area contributed by atoms with Crippen LogP contribution in [0.2, 0.25) is 0 Å². The molecule has 0 bridgehead atoms. The van der Waals surface area contributed by atoms with Crippen molar-refractivity contribution in [2.45, 2.75) is 77.8 Å². The number of carbonyl (C=O) groups is 1. The number of hydrogen-bond acceptors (Lipinski definition) is 2. The van der Waals surface area contributed by atoms with Crippen molar-refractivity contribution in [1.82, 2.24) is 5.32 Å². The molecule has 1 saturated carbocycles. The van der Waals surface area contributed by atoms with E-state index in [-0.39, 0.29) is 23.9 Å². The van der Waals surface area contributed by atoms with Crippen LogP contribution in [0.5, 0.6) is 0 Å². The van der Waals surface area contributed by atoms with Gasteiger partial charge in [-0.25, -0.2) is 0 Å². The molecule has 0 aliphatic heterocycles. The molecule has 1 aliphatic carbocycles. The molecule has 0 spiro atoms. The van der Waals surface area contributed by atoms with Gasteiger partial charge in [0.2, 0.25) is 5.91 Å². The fourth-order valence-corrected chi connectivity index (χ4v) is 2.65. The van der Waals surface area contributed by atoms with Crippen LogP contribution in [0.4, 0.5) is 0 Å². The van der Waals surface area contributed by atoms with Crippen molar-refractivity contribution in [3.05, 3.63) is 0 Å². The molecule has 1 fully saturated rings. The fourth-order valence-electron chi connectivity index (χ4n) is 2.65. The average molecular weight is 254 g/mol. The summed E-state index contributed by atoms with van der Waals surface area (Å²) in [4.78, 5) is 11.9. The molecule has 0 aromatic rings. The lowest BCUT2D eigenvalue weighted by Gasteiger charge is -2.24. The molecule has 3 N–H and O–H groups in total. The third-order valence-corrected chi connectivity index (χ3v) is 4.32. The molecule has 1 amide bonds. The Hall–Kier alpha value is -0.570. The summed E-state index contributed by atoms with van der Waals surface area (Å²) in [6.07, 6.45) is 9.33. The maximum absolute atomic E-state index is 11.9. The fraction of sp³-hybridized carbons (Fsp3) is 0.933. The lowest BCUT2D eigenvalue weighted by Crippen LogP contribution is -2.42. The van der Waals surface area contributed by atoms with Gasteiger partial charge >= 0.3 is 0 Å². The van der Waals surface area contributed by atoms with Crippen LogP contribution in [0.15, 0.2) is 0 Å². The van der Waals surface area contributed by atoms with E-state index < -0.39 is 0 Å². The molecule has 3 nitrogen and oxygen atoms in total. The largest absolute Gasteiger partial charge is 0.353 e. The summed E-state index contributed by atoms with van der Waals surface area (Å²) in [5, 5.41) is 3.08. The van der Waals surface area contributed by atoms with Crippen molar-refractivity contribution < 1.29 is 4.79 Å². The predicted octanol–water partition coefficient (Wildman–Crippen LogP) is 2.83. The maximum atomic E-state index is 11.9. The first-order valence-electron chi connectivity index (χ1n) is 7.56. The van der Waals surface area contributed by atoms with Gasteiger partial charge in [0.05, 0.1) is 0 Å². The second-order valence-corrected chi connectivity index (χ2v) is 6.14. The lowest BCUT2D eigenvalue weighted by atomic mass is 9.85. The normalized spacial score (nSPS) is 22.2. The molecule has 106 valence electrons. The molecule has 0 aromatic carbocycles. The second-order valence-electron chi connectivity index (χ2n) is 6.14. The summed E-state index contributed by atoms with van der Waals surface area (Å²) in [5.41, 5.74) is 5.74. The first kappa shape index (κ1) is 15.5. The zero-order chi connectivity index (χ0) is 13.5. The zero-order valence-corrected chi connectivity index (χ0v) is 12.2. The molecule has 1 rings (SSSR count). The van der Waals surface area contributed by atoms with Gasteiger partial charge in [-0.2, -0.15) is 0 Å². The van der Waals surface area contributed by atoms with E-state index in [1.807, 2.05) is 13.8 Å². The minimum Gasteiger partial charge on any atom is -0.353 e. The monoisotopic (exact) mass is 254 g/mol. The van der Waals surface area contributed by atoms with Gasteiger partial charge in [-0.1, -0.05) is 39.0 Å². The molecule has 3 unspecified atom stereocenters. The third kappa shape index (κ3) is 5.38. The lowest BCUT2D eigenvalue weighted by molar-refractivity contribution is -0.125. The number of hydrogen-bond donors (Lipinski definition) is 2. The molecular weight excluding hydrogens is 224 g/mol.